The molecular formula is C13H20N4O2S. The van der Waals surface area contributed by atoms with Crippen molar-refractivity contribution < 1.29 is 9.59 Å². The summed E-state index contributed by atoms with van der Waals surface area (Å²) in [6.45, 7) is 1.39. The van der Waals surface area contributed by atoms with Gasteiger partial charge < -0.3 is 15.5 Å². The maximum Gasteiger partial charge on any atom is 0.240 e. The average molecular weight is 296 g/mol. The smallest absolute Gasteiger partial charge is 0.240 e. The van der Waals surface area contributed by atoms with Crippen LogP contribution in [0.15, 0.2) is 0 Å². The zero-order valence-corrected chi connectivity index (χ0v) is 12.3. The highest BCUT2D eigenvalue weighted by Crippen LogP contribution is 2.19. The normalized spacial score (nSPS) is 23.7. The van der Waals surface area contributed by atoms with Crippen LogP contribution in [0.5, 0.6) is 0 Å². The Morgan fingerprint density at radius 1 is 1.45 bits per heavy atom. The van der Waals surface area contributed by atoms with Crippen LogP contribution in [0, 0.1) is 11.3 Å². The first-order valence-corrected chi connectivity index (χ1v) is 8.10. The van der Waals surface area contributed by atoms with Crippen LogP contribution in [0.25, 0.3) is 0 Å². The van der Waals surface area contributed by atoms with E-state index < -0.39 is 6.04 Å². The lowest BCUT2D eigenvalue weighted by Gasteiger charge is -2.23. The van der Waals surface area contributed by atoms with E-state index in [0.29, 0.717) is 19.4 Å². The van der Waals surface area contributed by atoms with Crippen LogP contribution in [0.3, 0.4) is 0 Å². The van der Waals surface area contributed by atoms with Crippen LogP contribution in [-0.4, -0.2) is 58.4 Å². The van der Waals surface area contributed by atoms with Gasteiger partial charge in [0.15, 0.2) is 0 Å². The molecule has 0 aromatic carbocycles. The van der Waals surface area contributed by atoms with Crippen molar-refractivity contribution >= 4 is 23.6 Å². The fourth-order valence-corrected chi connectivity index (χ4v) is 3.52. The van der Waals surface area contributed by atoms with Gasteiger partial charge in [0.1, 0.15) is 6.04 Å². The number of rotatable bonds is 4. The molecule has 0 aromatic rings. The molecule has 2 heterocycles. The molecule has 2 atom stereocenters. The molecule has 0 aromatic heterocycles. The van der Waals surface area contributed by atoms with E-state index in [2.05, 4.69) is 6.07 Å². The van der Waals surface area contributed by atoms with Gasteiger partial charge in [0.25, 0.3) is 0 Å². The number of nitrogens with zero attached hydrogens (tertiary/aromatic N) is 3. The molecule has 0 aliphatic carbocycles. The maximum absolute atomic E-state index is 12.2. The molecule has 7 heteroatoms. The second-order valence-corrected chi connectivity index (χ2v) is 6.23. The second-order valence-electron chi connectivity index (χ2n) is 5.16. The van der Waals surface area contributed by atoms with Gasteiger partial charge in [0, 0.05) is 25.3 Å². The molecule has 2 N–H and O–H groups in total. The Balaban J connectivity index is 1.79. The van der Waals surface area contributed by atoms with Crippen molar-refractivity contribution in [1.29, 1.82) is 5.26 Å². The van der Waals surface area contributed by atoms with Crippen LogP contribution >= 0.6 is 11.8 Å². The quantitative estimate of drug-likeness (QED) is 0.797. The van der Waals surface area contributed by atoms with E-state index in [1.165, 1.54) is 0 Å². The molecule has 0 radical (unpaired) electrons. The van der Waals surface area contributed by atoms with E-state index in [1.807, 2.05) is 0 Å². The molecule has 0 saturated carbocycles. The minimum Gasteiger partial charge on any atom is -0.333 e. The van der Waals surface area contributed by atoms with Crippen LogP contribution in [-0.2, 0) is 9.59 Å². The van der Waals surface area contributed by atoms with E-state index in [9.17, 15) is 9.59 Å². The summed E-state index contributed by atoms with van der Waals surface area (Å²) in [7, 11) is 0. The summed E-state index contributed by atoms with van der Waals surface area (Å²) in [4.78, 5) is 27.4. The molecule has 6 nitrogen and oxygen atoms in total. The number of hydrogen-bond acceptors (Lipinski definition) is 5. The number of hydrogen-bond donors (Lipinski definition) is 1. The molecule has 0 unspecified atom stereocenters. The van der Waals surface area contributed by atoms with Crippen molar-refractivity contribution in [3.63, 3.8) is 0 Å². The number of amides is 2. The van der Waals surface area contributed by atoms with Gasteiger partial charge in [-0.25, -0.2) is 0 Å². The van der Waals surface area contributed by atoms with Gasteiger partial charge in [-0.3, -0.25) is 9.59 Å². The number of thioether (sulfide) groups is 1. The van der Waals surface area contributed by atoms with Crippen molar-refractivity contribution in [2.24, 2.45) is 5.73 Å². The monoisotopic (exact) mass is 296 g/mol. The number of nitriles is 1. The molecular weight excluding hydrogens is 276 g/mol. The highest BCUT2D eigenvalue weighted by atomic mass is 32.2. The molecule has 0 bridgehead atoms. The Labute approximate surface area is 123 Å². The van der Waals surface area contributed by atoms with Crippen LogP contribution in [0.2, 0.25) is 0 Å². The third kappa shape index (κ3) is 3.44. The molecule has 2 aliphatic rings. The Morgan fingerprint density at radius 2 is 2.25 bits per heavy atom. The predicted octanol–water partition coefficient (Wildman–Crippen LogP) is 0.141. The van der Waals surface area contributed by atoms with E-state index in [4.69, 9.17) is 11.0 Å². The Hall–Kier alpha value is -1.26. The third-order valence-corrected chi connectivity index (χ3v) is 4.74. The van der Waals surface area contributed by atoms with Gasteiger partial charge in [-0.1, -0.05) is 0 Å². The summed E-state index contributed by atoms with van der Waals surface area (Å²) < 4.78 is 0. The molecule has 2 rings (SSSR count). The number of carbonyl (C=O) groups is 2. The van der Waals surface area contributed by atoms with E-state index in [0.717, 1.165) is 31.0 Å². The lowest BCUT2D eigenvalue weighted by molar-refractivity contribution is -0.133. The number of likely N-dealkylation sites (tertiary alicyclic amines) is 1. The predicted molar refractivity (Wildman–Crippen MR) is 76.6 cm³/mol. The fraction of sp³-hybridized carbons (Fsp3) is 0.769. The first kappa shape index (κ1) is 15.1. The minimum absolute atomic E-state index is 0.0662. The third-order valence-electron chi connectivity index (χ3n) is 3.78. The minimum atomic E-state index is -0.678. The molecule has 2 amide bonds. The second kappa shape index (κ2) is 6.95. The van der Waals surface area contributed by atoms with Crippen molar-refractivity contribution in [1.82, 2.24) is 9.80 Å². The zero-order chi connectivity index (χ0) is 14.5. The summed E-state index contributed by atoms with van der Waals surface area (Å²) in [5.41, 5.74) is 5.88. The standard InChI is InChI=1S/C13H20N4O2S/c14-8-10-2-1-5-17(10)13(19)11(15)3-4-12(18)16-6-7-20-9-16/h10-11H,1-7,9,15H2/t10-,11-/m0/s1. The topological polar surface area (TPSA) is 90.4 Å². The van der Waals surface area contributed by atoms with Gasteiger partial charge in [-0.2, -0.15) is 5.26 Å². The van der Waals surface area contributed by atoms with Crippen molar-refractivity contribution in [2.45, 2.75) is 37.8 Å². The van der Waals surface area contributed by atoms with Crippen molar-refractivity contribution in [3.8, 4) is 6.07 Å². The van der Waals surface area contributed by atoms with Gasteiger partial charge in [-0.05, 0) is 19.3 Å². The maximum atomic E-state index is 12.2. The van der Waals surface area contributed by atoms with Crippen molar-refractivity contribution in [3.05, 3.63) is 0 Å². The Kier molecular flexibility index (Phi) is 5.26. The summed E-state index contributed by atoms with van der Waals surface area (Å²) in [6, 6.07) is 1.11. The fourth-order valence-electron chi connectivity index (χ4n) is 2.55. The summed E-state index contributed by atoms with van der Waals surface area (Å²) in [5.74, 6) is 1.59. The highest BCUT2D eigenvalue weighted by molar-refractivity contribution is 7.99. The number of carbonyl (C=O) groups excluding carboxylic acids is 2. The molecule has 110 valence electrons. The zero-order valence-electron chi connectivity index (χ0n) is 11.5. The first-order valence-electron chi connectivity index (χ1n) is 6.94. The van der Waals surface area contributed by atoms with E-state index in [-0.39, 0.29) is 17.9 Å². The lowest BCUT2D eigenvalue weighted by atomic mass is 10.1. The van der Waals surface area contributed by atoms with Gasteiger partial charge in [-0.15, -0.1) is 11.8 Å². The largest absolute Gasteiger partial charge is 0.333 e. The molecule has 2 saturated heterocycles. The summed E-state index contributed by atoms with van der Waals surface area (Å²) in [6.07, 6.45) is 2.23. The summed E-state index contributed by atoms with van der Waals surface area (Å²) >= 11 is 1.74. The number of nitrogens with two attached hydrogens (primary N) is 1. The van der Waals surface area contributed by atoms with Crippen LogP contribution in [0.4, 0.5) is 0 Å². The SMILES string of the molecule is N#C[C@@H]1CCCN1C(=O)[C@@H](N)CCC(=O)N1CCSC1. The van der Waals surface area contributed by atoms with Gasteiger partial charge >= 0.3 is 0 Å². The highest BCUT2D eigenvalue weighted by Gasteiger charge is 2.32. The van der Waals surface area contributed by atoms with E-state index >= 15 is 0 Å². The van der Waals surface area contributed by atoms with Crippen LogP contribution < -0.4 is 5.73 Å². The van der Waals surface area contributed by atoms with E-state index in [1.54, 1.807) is 21.6 Å². The average Bonchev–Trinajstić information content (AvgIpc) is 3.13. The Morgan fingerprint density at radius 3 is 2.90 bits per heavy atom. The van der Waals surface area contributed by atoms with Gasteiger partial charge in [0.2, 0.25) is 11.8 Å². The lowest BCUT2D eigenvalue weighted by Crippen LogP contribution is -2.46. The molecule has 2 fully saturated rings. The first-order chi connectivity index (χ1) is 9.63. The molecule has 20 heavy (non-hydrogen) atoms. The Bertz CT molecular complexity index is 417. The van der Waals surface area contributed by atoms with Crippen LogP contribution in [0.1, 0.15) is 25.7 Å². The summed E-state index contributed by atoms with van der Waals surface area (Å²) in [5, 5.41) is 8.98. The van der Waals surface area contributed by atoms with Gasteiger partial charge in [0.05, 0.1) is 18.0 Å². The molecule has 0 spiro atoms. The van der Waals surface area contributed by atoms with Crippen molar-refractivity contribution in [2.75, 3.05) is 24.7 Å². The molecule has 2 aliphatic heterocycles.